The molecule has 0 bridgehead atoms. The van der Waals surface area contributed by atoms with Crippen LogP contribution in [0.1, 0.15) is 44.8 Å². The molecule has 4 heteroatoms. The maximum atomic E-state index is 4.98. The lowest BCUT2D eigenvalue weighted by atomic mass is 9.62. The van der Waals surface area contributed by atoms with Crippen molar-refractivity contribution in [2.24, 2.45) is 0 Å². The molecule has 61 heavy (non-hydrogen) atoms. The number of hydrogen-bond donors (Lipinski definition) is 0. The van der Waals surface area contributed by atoms with Crippen LogP contribution in [0, 0.1) is 27.7 Å². The predicted molar refractivity (Wildman–Crippen MR) is 253 cm³/mol. The zero-order valence-electron chi connectivity index (χ0n) is 34.8. The number of aryl methyl sites for hydroxylation is 3. The van der Waals surface area contributed by atoms with E-state index in [9.17, 15) is 0 Å². The van der Waals surface area contributed by atoms with E-state index in [2.05, 4.69) is 218 Å². The van der Waals surface area contributed by atoms with Crippen LogP contribution >= 0.6 is 0 Å². The van der Waals surface area contributed by atoms with Gasteiger partial charge < -0.3 is 9.47 Å². The van der Waals surface area contributed by atoms with Crippen LogP contribution in [-0.4, -0.2) is 14.5 Å². The molecule has 0 N–H and O–H groups in total. The average molecular weight is 785 g/mol. The van der Waals surface area contributed by atoms with Gasteiger partial charge in [0.1, 0.15) is 5.82 Å². The molecule has 0 radical (unpaired) electrons. The molecule has 0 unspecified atom stereocenters. The van der Waals surface area contributed by atoms with Crippen molar-refractivity contribution in [3.63, 3.8) is 0 Å². The van der Waals surface area contributed by atoms with Crippen LogP contribution in [0.4, 0.5) is 17.1 Å². The third-order valence-electron chi connectivity index (χ3n) is 12.6. The number of anilines is 3. The second-order valence-electron chi connectivity index (χ2n) is 16.4. The predicted octanol–water partition coefficient (Wildman–Crippen LogP) is 14.3. The summed E-state index contributed by atoms with van der Waals surface area (Å²) in [6, 6.07) is 71.2. The Labute approximate surface area is 357 Å². The summed E-state index contributed by atoms with van der Waals surface area (Å²) >= 11 is 0. The lowest BCUT2D eigenvalue weighted by molar-refractivity contribution is 0.730. The Morgan fingerprint density at radius 1 is 0.410 bits per heavy atom. The summed E-state index contributed by atoms with van der Waals surface area (Å²) in [7, 11) is 0. The zero-order valence-corrected chi connectivity index (χ0v) is 34.8. The highest BCUT2D eigenvalue weighted by atomic mass is 15.2. The molecule has 292 valence electrons. The molecule has 4 nitrogen and oxygen atoms in total. The minimum atomic E-state index is -0.631. The molecule has 1 aliphatic rings. The fourth-order valence-electron chi connectivity index (χ4n) is 9.94. The van der Waals surface area contributed by atoms with Crippen LogP contribution in [0.3, 0.4) is 0 Å². The Hall–Kier alpha value is -7.56. The third-order valence-corrected chi connectivity index (χ3v) is 12.6. The summed E-state index contributed by atoms with van der Waals surface area (Å²) in [4.78, 5) is 12.3. The van der Waals surface area contributed by atoms with E-state index < -0.39 is 5.41 Å². The lowest BCUT2D eigenvalue weighted by Gasteiger charge is -2.47. The highest BCUT2D eigenvalue weighted by molar-refractivity contribution is 6.10. The lowest BCUT2D eigenvalue weighted by Crippen LogP contribution is -2.38. The van der Waals surface area contributed by atoms with Gasteiger partial charge in [0, 0.05) is 38.8 Å². The number of fused-ring (bicyclic) bond motifs is 5. The van der Waals surface area contributed by atoms with Crippen molar-refractivity contribution in [2.75, 3.05) is 4.90 Å². The smallest absolute Gasteiger partial charge is 0.126 e. The van der Waals surface area contributed by atoms with Crippen LogP contribution in [0.25, 0.3) is 50.0 Å². The molecular formula is C57H44N4. The van der Waals surface area contributed by atoms with Crippen molar-refractivity contribution in [3.05, 3.63) is 239 Å². The number of nitrogens with zero attached hydrogens (tertiary/aromatic N) is 4. The summed E-state index contributed by atoms with van der Waals surface area (Å²) < 4.78 is 2.40. The van der Waals surface area contributed by atoms with Crippen LogP contribution in [0.15, 0.2) is 194 Å². The van der Waals surface area contributed by atoms with E-state index >= 15 is 0 Å². The highest BCUT2D eigenvalue weighted by Crippen LogP contribution is 2.58. The minimum Gasteiger partial charge on any atom is -0.310 e. The van der Waals surface area contributed by atoms with Gasteiger partial charge in [-0.3, -0.25) is 0 Å². The monoisotopic (exact) mass is 784 g/mol. The Morgan fingerprint density at radius 2 is 0.951 bits per heavy atom. The second kappa shape index (κ2) is 14.3. The molecule has 11 rings (SSSR count). The van der Waals surface area contributed by atoms with Gasteiger partial charge in [-0.2, -0.15) is 0 Å². The molecule has 8 aromatic carbocycles. The first-order valence-corrected chi connectivity index (χ1v) is 21.1. The molecule has 0 fully saturated rings. The number of rotatable bonds is 6. The van der Waals surface area contributed by atoms with Crippen molar-refractivity contribution in [3.8, 4) is 28.2 Å². The van der Waals surface area contributed by atoms with Crippen LogP contribution in [-0.2, 0) is 5.41 Å². The Morgan fingerprint density at radius 3 is 1.59 bits per heavy atom. The fraction of sp³-hybridized carbons (Fsp3) is 0.0877. The first kappa shape index (κ1) is 36.5. The molecular weight excluding hydrogens is 741 g/mol. The van der Waals surface area contributed by atoms with Crippen LogP contribution < -0.4 is 4.90 Å². The van der Waals surface area contributed by atoms with Crippen molar-refractivity contribution >= 4 is 38.9 Å². The minimum absolute atomic E-state index is 0.631. The van der Waals surface area contributed by atoms with Gasteiger partial charge >= 0.3 is 0 Å². The van der Waals surface area contributed by atoms with Gasteiger partial charge in [0.2, 0.25) is 0 Å². The van der Waals surface area contributed by atoms with Crippen molar-refractivity contribution in [1.82, 2.24) is 14.5 Å². The van der Waals surface area contributed by atoms with Gasteiger partial charge in [0.05, 0.1) is 39.2 Å². The third kappa shape index (κ3) is 5.74. The molecule has 2 aromatic heterocycles. The average Bonchev–Trinajstić information content (AvgIpc) is 3.63. The van der Waals surface area contributed by atoms with E-state index in [4.69, 9.17) is 9.97 Å². The van der Waals surface area contributed by atoms with Crippen LogP contribution in [0.5, 0.6) is 0 Å². The van der Waals surface area contributed by atoms with Crippen LogP contribution in [0.2, 0.25) is 0 Å². The standard InChI is InChI=1S/C57H44N4/c1-37-24-31-53-49(34-37)57(43-18-10-6-11-19-43,44-28-33-52-48(36-44)47-22-14-15-23-51(47)60(52)45-20-12-7-13-21-45)50-35-38(2)25-32-54(50)61(53)46-29-26-42(27-30-46)56-39(3)55(58-40(4)59-56)41-16-8-5-9-17-41/h5-36H,1-4H3. The van der Waals surface area contributed by atoms with Gasteiger partial charge in [-0.05, 0) is 105 Å². The molecule has 0 spiro atoms. The summed E-state index contributed by atoms with van der Waals surface area (Å²) in [6.45, 7) is 8.54. The molecule has 0 amide bonds. The summed E-state index contributed by atoms with van der Waals surface area (Å²) in [5, 5.41) is 2.47. The molecule has 1 aliphatic heterocycles. The molecule has 0 saturated carbocycles. The topological polar surface area (TPSA) is 34.0 Å². The van der Waals surface area contributed by atoms with E-state index in [0.29, 0.717) is 0 Å². The van der Waals surface area contributed by atoms with Gasteiger partial charge in [-0.15, -0.1) is 0 Å². The second-order valence-corrected chi connectivity index (χ2v) is 16.4. The molecule has 0 atom stereocenters. The quantitative estimate of drug-likeness (QED) is 0.168. The van der Waals surface area contributed by atoms with Crippen molar-refractivity contribution in [1.29, 1.82) is 0 Å². The number of aromatic nitrogens is 3. The van der Waals surface area contributed by atoms with Crippen molar-refractivity contribution < 1.29 is 0 Å². The molecule has 10 aromatic rings. The highest BCUT2D eigenvalue weighted by Gasteiger charge is 2.47. The molecule has 3 heterocycles. The Bertz CT molecular complexity index is 3220. The fourth-order valence-corrected chi connectivity index (χ4v) is 9.94. The van der Waals surface area contributed by atoms with E-state index in [1.807, 2.05) is 13.0 Å². The maximum absolute atomic E-state index is 4.98. The Kier molecular flexibility index (Phi) is 8.57. The first-order chi connectivity index (χ1) is 29.9. The normalized spacial score (nSPS) is 13.0. The van der Waals surface area contributed by atoms with E-state index in [-0.39, 0.29) is 0 Å². The van der Waals surface area contributed by atoms with Gasteiger partial charge in [0.25, 0.3) is 0 Å². The van der Waals surface area contributed by atoms with Crippen molar-refractivity contribution in [2.45, 2.75) is 33.1 Å². The SMILES string of the molecule is Cc1ccc2c(c1)C(c1ccccc1)(c1ccc3c(c1)c1ccccc1n3-c1ccccc1)c1cc(C)ccc1N2c1ccc(-c2nc(C)nc(-c3ccccc3)c2C)cc1. The van der Waals surface area contributed by atoms with E-state index in [0.717, 1.165) is 56.7 Å². The van der Waals surface area contributed by atoms with Gasteiger partial charge in [-0.1, -0.05) is 151 Å². The summed E-state index contributed by atoms with van der Waals surface area (Å²) in [6.07, 6.45) is 0. The van der Waals surface area contributed by atoms with Gasteiger partial charge in [0.15, 0.2) is 0 Å². The van der Waals surface area contributed by atoms with Gasteiger partial charge in [-0.25, -0.2) is 9.97 Å². The first-order valence-electron chi connectivity index (χ1n) is 21.1. The zero-order chi connectivity index (χ0) is 41.2. The number of benzene rings is 8. The summed E-state index contributed by atoms with van der Waals surface area (Å²) in [5.74, 6) is 0.758. The number of hydrogen-bond acceptors (Lipinski definition) is 3. The van der Waals surface area contributed by atoms with E-state index in [1.54, 1.807) is 0 Å². The van der Waals surface area contributed by atoms with E-state index in [1.165, 1.54) is 55.2 Å². The molecule has 0 aliphatic carbocycles. The Balaban J connectivity index is 1.14. The molecule has 0 saturated heterocycles. The summed E-state index contributed by atoms with van der Waals surface area (Å²) in [5.41, 5.74) is 18.9. The number of para-hydroxylation sites is 2. The maximum Gasteiger partial charge on any atom is 0.126 e. The largest absolute Gasteiger partial charge is 0.310 e.